The molecule has 1 saturated heterocycles. The van der Waals surface area contributed by atoms with E-state index in [2.05, 4.69) is 17.2 Å². The normalized spacial score (nSPS) is 17.0. The summed E-state index contributed by atoms with van der Waals surface area (Å²) in [4.78, 5) is 31.9. The lowest BCUT2D eigenvalue weighted by atomic mass is 10.2. The van der Waals surface area contributed by atoms with Gasteiger partial charge in [-0.05, 0) is 61.9 Å². The number of aliphatic imine (C=N–C) groups is 1. The minimum Gasteiger partial charge on any atom is -0.497 e. The Morgan fingerprint density at radius 2 is 1.76 bits per heavy atom. The summed E-state index contributed by atoms with van der Waals surface area (Å²) in [6.45, 7) is 5.27. The van der Waals surface area contributed by atoms with Gasteiger partial charge < -0.3 is 14.8 Å². The standard InChI is InChI=1S/C26H33N3O4S/c1-4-6-7-8-17-33-22-15-11-19(12-16-22)27-25(31)23-18-24(30)29(5-2)26(34-23)28-20-9-13-21(32-3)14-10-20/h9-16,23H,4-8,17-18H2,1-3H3,(H,27,31). The van der Waals surface area contributed by atoms with Gasteiger partial charge in [0.15, 0.2) is 5.17 Å². The number of carbonyl (C=O) groups excluding carboxylic acids is 2. The number of hydrogen-bond donors (Lipinski definition) is 1. The maximum absolute atomic E-state index is 12.9. The van der Waals surface area contributed by atoms with Gasteiger partial charge in [0, 0.05) is 18.7 Å². The molecule has 0 bridgehead atoms. The Morgan fingerprint density at radius 1 is 1.06 bits per heavy atom. The van der Waals surface area contributed by atoms with Crippen molar-refractivity contribution in [2.75, 3.05) is 25.6 Å². The fourth-order valence-corrected chi connectivity index (χ4v) is 4.66. The number of nitrogens with zero attached hydrogens (tertiary/aromatic N) is 2. The molecule has 0 saturated carbocycles. The molecule has 2 aromatic rings. The van der Waals surface area contributed by atoms with E-state index in [0.29, 0.717) is 29.7 Å². The second-order valence-electron chi connectivity index (χ2n) is 7.96. The molecule has 1 aliphatic rings. The number of methoxy groups -OCH3 is 1. The summed E-state index contributed by atoms with van der Waals surface area (Å²) >= 11 is 1.31. The van der Waals surface area contributed by atoms with Crippen molar-refractivity contribution in [2.24, 2.45) is 4.99 Å². The molecule has 0 spiro atoms. The highest BCUT2D eigenvalue weighted by Gasteiger charge is 2.35. The third-order valence-corrected chi connectivity index (χ3v) is 6.62. The number of carbonyl (C=O) groups is 2. The second-order valence-corrected chi connectivity index (χ2v) is 9.13. The van der Waals surface area contributed by atoms with Crippen LogP contribution in [-0.4, -0.2) is 47.4 Å². The third kappa shape index (κ3) is 7.25. The lowest BCUT2D eigenvalue weighted by molar-refractivity contribution is -0.129. The molecule has 0 aromatic heterocycles. The zero-order valence-electron chi connectivity index (χ0n) is 20.1. The average Bonchev–Trinajstić information content (AvgIpc) is 2.85. The Morgan fingerprint density at radius 3 is 2.41 bits per heavy atom. The van der Waals surface area contributed by atoms with E-state index in [1.54, 1.807) is 12.0 Å². The number of nitrogens with one attached hydrogen (secondary N) is 1. The van der Waals surface area contributed by atoms with E-state index in [9.17, 15) is 9.59 Å². The summed E-state index contributed by atoms with van der Waals surface area (Å²) in [5, 5.41) is 2.89. The van der Waals surface area contributed by atoms with Gasteiger partial charge in [0.1, 0.15) is 16.7 Å². The van der Waals surface area contributed by atoms with E-state index in [1.165, 1.54) is 31.0 Å². The molecule has 2 aromatic carbocycles. The van der Waals surface area contributed by atoms with Crippen LogP contribution in [0.2, 0.25) is 0 Å². The van der Waals surface area contributed by atoms with Crippen LogP contribution in [0.4, 0.5) is 11.4 Å². The molecule has 2 amide bonds. The quantitative estimate of drug-likeness (QED) is 0.419. The Bertz CT molecular complexity index is 977. The van der Waals surface area contributed by atoms with Crippen LogP contribution in [0.5, 0.6) is 11.5 Å². The lowest BCUT2D eigenvalue weighted by Crippen LogP contribution is -2.45. The van der Waals surface area contributed by atoms with E-state index in [4.69, 9.17) is 9.47 Å². The molecule has 7 nitrogen and oxygen atoms in total. The maximum atomic E-state index is 12.9. The number of thioether (sulfide) groups is 1. The predicted octanol–water partition coefficient (Wildman–Crippen LogP) is 5.63. The summed E-state index contributed by atoms with van der Waals surface area (Å²) < 4.78 is 10.9. The van der Waals surface area contributed by atoms with Gasteiger partial charge in [-0.3, -0.25) is 14.5 Å². The maximum Gasteiger partial charge on any atom is 0.238 e. The Balaban J connectivity index is 1.61. The summed E-state index contributed by atoms with van der Waals surface area (Å²) in [6, 6.07) is 14.6. The number of anilines is 1. The number of amides is 2. The lowest BCUT2D eigenvalue weighted by Gasteiger charge is -2.30. The molecule has 34 heavy (non-hydrogen) atoms. The molecule has 8 heteroatoms. The van der Waals surface area contributed by atoms with Crippen molar-refractivity contribution < 1.29 is 19.1 Å². The van der Waals surface area contributed by atoms with Crippen LogP contribution in [0.15, 0.2) is 53.5 Å². The Kier molecular flexibility index (Phi) is 9.82. The molecule has 1 unspecified atom stereocenters. The van der Waals surface area contributed by atoms with Gasteiger partial charge in [0.25, 0.3) is 0 Å². The van der Waals surface area contributed by atoms with Crippen molar-refractivity contribution in [1.82, 2.24) is 4.90 Å². The minimum atomic E-state index is -0.554. The van der Waals surface area contributed by atoms with Crippen LogP contribution in [0.1, 0.15) is 46.0 Å². The van der Waals surface area contributed by atoms with Gasteiger partial charge in [0.05, 0.1) is 19.4 Å². The highest BCUT2D eigenvalue weighted by Crippen LogP contribution is 2.30. The van der Waals surface area contributed by atoms with E-state index in [-0.39, 0.29) is 18.2 Å². The van der Waals surface area contributed by atoms with E-state index >= 15 is 0 Å². The minimum absolute atomic E-state index is 0.111. The summed E-state index contributed by atoms with van der Waals surface area (Å²) in [6.07, 6.45) is 4.75. The number of rotatable bonds is 11. The zero-order chi connectivity index (χ0) is 24.3. The van der Waals surface area contributed by atoms with Crippen molar-refractivity contribution in [3.63, 3.8) is 0 Å². The summed E-state index contributed by atoms with van der Waals surface area (Å²) in [5.74, 6) is 1.18. The van der Waals surface area contributed by atoms with Gasteiger partial charge in [-0.15, -0.1) is 0 Å². The Hall–Kier alpha value is -3.00. The summed E-state index contributed by atoms with van der Waals surface area (Å²) in [5.41, 5.74) is 1.36. The van der Waals surface area contributed by atoms with Crippen LogP contribution in [0, 0.1) is 0 Å². The highest BCUT2D eigenvalue weighted by molar-refractivity contribution is 8.15. The molecule has 1 aliphatic heterocycles. The van der Waals surface area contributed by atoms with Crippen molar-refractivity contribution >= 4 is 40.1 Å². The Labute approximate surface area is 205 Å². The van der Waals surface area contributed by atoms with Crippen LogP contribution in [0.3, 0.4) is 0 Å². The number of ether oxygens (including phenoxy) is 2. The number of amidine groups is 1. The van der Waals surface area contributed by atoms with Crippen LogP contribution in [0.25, 0.3) is 0 Å². The van der Waals surface area contributed by atoms with Crippen molar-refractivity contribution in [1.29, 1.82) is 0 Å². The second kappa shape index (κ2) is 13.0. The molecule has 0 aliphatic carbocycles. The smallest absolute Gasteiger partial charge is 0.238 e. The zero-order valence-corrected chi connectivity index (χ0v) is 20.9. The first-order chi connectivity index (χ1) is 16.5. The third-order valence-electron chi connectivity index (χ3n) is 5.43. The molecule has 1 atom stereocenters. The first-order valence-electron chi connectivity index (χ1n) is 11.8. The SMILES string of the molecule is CCCCCCOc1ccc(NC(=O)C2CC(=O)N(CC)C(=Nc3ccc(OC)cc3)S2)cc1. The topological polar surface area (TPSA) is 80.2 Å². The number of benzene rings is 2. The van der Waals surface area contributed by atoms with Crippen LogP contribution >= 0.6 is 11.8 Å². The molecule has 1 N–H and O–H groups in total. The average molecular weight is 484 g/mol. The first-order valence-corrected chi connectivity index (χ1v) is 12.7. The van der Waals surface area contributed by atoms with Crippen molar-refractivity contribution in [3.8, 4) is 11.5 Å². The van der Waals surface area contributed by atoms with Crippen molar-refractivity contribution in [3.05, 3.63) is 48.5 Å². The fraction of sp³-hybridized carbons (Fsp3) is 0.423. The largest absolute Gasteiger partial charge is 0.497 e. The van der Waals surface area contributed by atoms with Gasteiger partial charge in [-0.2, -0.15) is 0 Å². The highest BCUT2D eigenvalue weighted by atomic mass is 32.2. The van der Waals surface area contributed by atoms with Crippen LogP contribution < -0.4 is 14.8 Å². The predicted molar refractivity (Wildman–Crippen MR) is 138 cm³/mol. The number of hydrogen-bond acceptors (Lipinski definition) is 6. The summed E-state index contributed by atoms with van der Waals surface area (Å²) in [7, 11) is 1.60. The van der Waals surface area contributed by atoms with Gasteiger partial charge in [0.2, 0.25) is 11.8 Å². The van der Waals surface area contributed by atoms with Crippen molar-refractivity contribution in [2.45, 2.75) is 51.2 Å². The monoisotopic (exact) mass is 483 g/mol. The van der Waals surface area contributed by atoms with E-state index in [1.807, 2.05) is 55.5 Å². The van der Waals surface area contributed by atoms with Crippen LogP contribution in [-0.2, 0) is 9.59 Å². The molecule has 3 rings (SSSR count). The van der Waals surface area contributed by atoms with E-state index < -0.39 is 5.25 Å². The van der Waals surface area contributed by atoms with Gasteiger partial charge >= 0.3 is 0 Å². The fourth-order valence-electron chi connectivity index (χ4n) is 3.50. The van der Waals surface area contributed by atoms with Gasteiger partial charge in [-0.1, -0.05) is 37.9 Å². The van der Waals surface area contributed by atoms with E-state index in [0.717, 1.165) is 17.9 Å². The molecular weight excluding hydrogens is 450 g/mol. The molecule has 1 fully saturated rings. The molecular formula is C26H33N3O4S. The molecule has 182 valence electrons. The molecule has 0 radical (unpaired) electrons. The number of unbranched alkanes of at least 4 members (excludes halogenated alkanes) is 3. The first kappa shape index (κ1) is 25.6. The van der Waals surface area contributed by atoms with Gasteiger partial charge in [-0.25, -0.2) is 4.99 Å². The molecule has 1 heterocycles.